The van der Waals surface area contributed by atoms with Crippen molar-refractivity contribution in [3.05, 3.63) is 81.5 Å². The van der Waals surface area contributed by atoms with Crippen molar-refractivity contribution in [2.75, 3.05) is 0 Å². The molecular weight excluding hydrogens is 426 g/mol. The highest BCUT2D eigenvalue weighted by atomic mass is 79.9. The summed E-state index contributed by atoms with van der Waals surface area (Å²) in [6.07, 6.45) is 3.57. The summed E-state index contributed by atoms with van der Waals surface area (Å²) >= 11 is 9.33. The quantitative estimate of drug-likeness (QED) is 0.634. The van der Waals surface area contributed by atoms with E-state index >= 15 is 0 Å². The molecule has 0 aliphatic carbocycles. The van der Waals surface area contributed by atoms with E-state index in [0.29, 0.717) is 6.54 Å². The van der Waals surface area contributed by atoms with Gasteiger partial charge in [0.25, 0.3) is 0 Å². The summed E-state index contributed by atoms with van der Waals surface area (Å²) in [5.41, 5.74) is 1.88. The summed E-state index contributed by atoms with van der Waals surface area (Å²) in [5.74, 6) is 0. The molecule has 1 N–H and O–H groups in total. The predicted molar refractivity (Wildman–Crippen MR) is 101 cm³/mol. The van der Waals surface area contributed by atoms with Crippen LogP contribution in [0.2, 0.25) is 5.02 Å². The average molecular weight is 441 g/mol. The third-order valence-corrected chi connectivity index (χ3v) is 6.02. The SMILES string of the molecule is O=S(=O)(NCc1ccccc1Cn1cccn1)c1ccc(Br)cc1Cl. The van der Waals surface area contributed by atoms with Gasteiger partial charge >= 0.3 is 0 Å². The molecule has 5 nitrogen and oxygen atoms in total. The molecule has 0 fully saturated rings. The van der Waals surface area contributed by atoms with E-state index in [1.165, 1.54) is 6.07 Å². The van der Waals surface area contributed by atoms with E-state index in [1.807, 2.05) is 36.5 Å². The number of nitrogens with zero attached hydrogens (tertiary/aromatic N) is 2. The van der Waals surface area contributed by atoms with Gasteiger partial charge in [0.1, 0.15) is 4.90 Å². The monoisotopic (exact) mass is 439 g/mol. The predicted octanol–water partition coefficient (Wildman–Crippen LogP) is 3.83. The number of nitrogens with one attached hydrogen (secondary N) is 1. The number of sulfonamides is 1. The molecule has 0 saturated carbocycles. The molecule has 130 valence electrons. The molecule has 0 atom stereocenters. The van der Waals surface area contributed by atoms with Crippen LogP contribution in [0.1, 0.15) is 11.1 Å². The van der Waals surface area contributed by atoms with Gasteiger partial charge in [-0.3, -0.25) is 4.68 Å². The van der Waals surface area contributed by atoms with E-state index in [1.54, 1.807) is 23.0 Å². The molecule has 3 aromatic rings. The third-order valence-electron chi connectivity index (χ3n) is 3.65. The Labute approximate surface area is 159 Å². The van der Waals surface area contributed by atoms with Gasteiger partial charge in [-0.25, -0.2) is 13.1 Å². The normalized spacial score (nSPS) is 11.6. The Morgan fingerprint density at radius 2 is 1.88 bits per heavy atom. The highest BCUT2D eigenvalue weighted by Gasteiger charge is 2.18. The van der Waals surface area contributed by atoms with E-state index in [9.17, 15) is 8.42 Å². The molecule has 0 aliphatic heterocycles. The van der Waals surface area contributed by atoms with Crippen LogP contribution in [0.3, 0.4) is 0 Å². The minimum atomic E-state index is -3.71. The first-order valence-electron chi connectivity index (χ1n) is 7.44. The first-order valence-corrected chi connectivity index (χ1v) is 10.1. The van der Waals surface area contributed by atoms with Gasteiger partial charge in [-0.2, -0.15) is 5.10 Å². The number of hydrogen-bond acceptors (Lipinski definition) is 3. The Morgan fingerprint density at radius 1 is 1.12 bits per heavy atom. The van der Waals surface area contributed by atoms with Crippen molar-refractivity contribution < 1.29 is 8.42 Å². The lowest BCUT2D eigenvalue weighted by Crippen LogP contribution is -2.24. The number of rotatable bonds is 6. The van der Waals surface area contributed by atoms with E-state index < -0.39 is 10.0 Å². The van der Waals surface area contributed by atoms with Gasteiger partial charge in [-0.05, 0) is 35.4 Å². The Balaban J connectivity index is 1.79. The molecule has 0 amide bonds. The average Bonchev–Trinajstić information content (AvgIpc) is 3.07. The lowest BCUT2D eigenvalue weighted by Gasteiger charge is -2.12. The van der Waals surface area contributed by atoms with Crippen molar-refractivity contribution >= 4 is 37.6 Å². The first kappa shape index (κ1) is 18.1. The van der Waals surface area contributed by atoms with Crippen LogP contribution in [0.25, 0.3) is 0 Å². The maximum atomic E-state index is 12.5. The highest BCUT2D eigenvalue weighted by Crippen LogP contribution is 2.25. The molecule has 1 heterocycles. The molecule has 0 spiro atoms. The number of halogens is 2. The Bertz CT molecular complexity index is 975. The minimum Gasteiger partial charge on any atom is -0.268 e. The largest absolute Gasteiger partial charge is 0.268 e. The zero-order valence-electron chi connectivity index (χ0n) is 13.1. The lowest BCUT2D eigenvalue weighted by atomic mass is 10.1. The summed E-state index contributed by atoms with van der Waals surface area (Å²) in [7, 11) is -3.71. The standard InChI is InChI=1S/C17H15BrClN3O2S/c18-15-6-7-17(16(19)10-15)25(23,24)21-11-13-4-1-2-5-14(13)12-22-9-3-8-20-22/h1-10,21H,11-12H2. The van der Waals surface area contributed by atoms with Crippen molar-refractivity contribution in [3.63, 3.8) is 0 Å². The van der Waals surface area contributed by atoms with E-state index in [-0.39, 0.29) is 16.5 Å². The number of aromatic nitrogens is 2. The number of hydrogen-bond donors (Lipinski definition) is 1. The van der Waals surface area contributed by atoms with Gasteiger partial charge in [0, 0.05) is 23.4 Å². The van der Waals surface area contributed by atoms with Gasteiger partial charge < -0.3 is 0 Å². The molecule has 0 unspecified atom stereocenters. The van der Waals surface area contributed by atoms with Crippen molar-refractivity contribution in [1.82, 2.24) is 14.5 Å². The van der Waals surface area contributed by atoms with Crippen LogP contribution < -0.4 is 4.72 Å². The first-order chi connectivity index (χ1) is 12.0. The Morgan fingerprint density at radius 3 is 2.56 bits per heavy atom. The van der Waals surface area contributed by atoms with Gasteiger partial charge in [-0.15, -0.1) is 0 Å². The second kappa shape index (κ2) is 7.70. The molecule has 0 radical (unpaired) electrons. The van der Waals surface area contributed by atoms with Crippen LogP contribution in [-0.2, 0) is 23.1 Å². The topological polar surface area (TPSA) is 64.0 Å². The fourth-order valence-electron chi connectivity index (χ4n) is 2.40. The lowest BCUT2D eigenvalue weighted by molar-refractivity contribution is 0.580. The summed E-state index contributed by atoms with van der Waals surface area (Å²) in [6, 6.07) is 14.2. The molecule has 2 aromatic carbocycles. The van der Waals surface area contributed by atoms with Crippen LogP contribution in [0.4, 0.5) is 0 Å². The third kappa shape index (κ3) is 4.49. The van der Waals surface area contributed by atoms with E-state index in [2.05, 4.69) is 25.8 Å². The molecule has 0 saturated heterocycles. The molecule has 25 heavy (non-hydrogen) atoms. The number of benzene rings is 2. The zero-order valence-corrected chi connectivity index (χ0v) is 16.2. The molecule has 1 aromatic heterocycles. The van der Waals surface area contributed by atoms with E-state index in [4.69, 9.17) is 11.6 Å². The van der Waals surface area contributed by atoms with Gasteiger partial charge in [0.05, 0.1) is 11.6 Å². The molecule has 8 heteroatoms. The zero-order chi connectivity index (χ0) is 17.9. The summed E-state index contributed by atoms with van der Waals surface area (Å²) < 4.78 is 30.2. The second-order valence-electron chi connectivity index (χ2n) is 5.37. The Hall–Kier alpha value is -1.67. The van der Waals surface area contributed by atoms with Crippen molar-refractivity contribution in [1.29, 1.82) is 0 Å². The fourth-order valence-corrected chi connectivity index (χ4v) is 4.44. The van der Waals surface area contributed by atoms with Crippen LogP contribution in [0, 0.1) is 0 Å². The van der Waals surface area contributed by atoms with Gasteiger partial charge in [0.2, 0.25) is 10.0 Å². The fraction of sp³-hybridized carbons (Fsp3) is 0.118. The van der Waals surface area contributed by atoms with Gasteiger partial charge in [0.15, 0.2) is 0 Å². The minimum absolute atomic E-state index is 0.0573. The highest BCUT2D eigenvalue weighted by molar-refractivity contribution is 9.10. The molecule has 3 rings (SSSR count). The Kier molecular flexibility index (Phi) is 5.58. The summed E-state index contributed by atoms with van der Waals surface area (Å²) in [4.78, 5) is 0.0573. The van der Waals surface area contributed by atoms with Crippen molar-refractivity contribution in [2.45, 2.75) is 18.0 Å². The van der Waals surface area contributed by atoms with Crippen molar-refractivity contribution in [2.24, 2.45) is 0 Å². The van der Waals surface area contributed by atoms with Crippen LogP contribution in [0.15, 0.2) is 70.3 Å². The molecule has 0 bridgehead atoms. The van der Waals surface area contributed by atoms with E-state index in [0.717, 1.165) is 15.6 Å². The summed E-state index contributed by atoms with van der Waals surface area (Å²) in [6.45, 7) is 0.746. The van der Waals surface area contributed by atoms with Crippen LogP contribution in [-0.4, -0.2) is 18.2 Å². The maximum Gasteiger partial charge on any atom is 0.242 e. The second-order valence-corrected chi connectivity index (χ2v) is 8.43. The smallest absolute Gasteiger partial charge is 0.242 e. The molecular formula is C17H15BrClN3O2S. The van der Waals surface area contributed by atoms with Crippen molar-refractivity contribution in [3.8, 4) is 0 Å². The summed E-state index contributed by atoms with van der Waals surface area (Å²) in [5, 5.41) is 4.36. The van der Waals surface area contributed by atoms with Crippen LogP contribution >= 0.6 is 27.5 Å². The maximum absolute atomic E-state index is 12.5. The molecule has 0 aliphatic rings. The van der Waals surface area contributed by atoms with Crippen LogP contribution in [0.5, 0.6) is 0 Å². The van der Waals surface area contributed by atoms with Gasteiger partial charge in [-0.1, -0.05) is 51.8 Å².